The minimum atomic E-state index is 0.543. The lowest BCUT2D eigenvalue weighted by molar-refractivity contribution is 0.208. The van der Waals surface area contributed by atoms with Gasteiger partial charge in [-0.05, 0) is 64.1 Å². The second-order valence-corrected chi connectivity index (χ2v) is 6.83. The number of H-pyrrole nitrogens is 1. The van der Waals surface area contributed by atoms with Crippen LogP contribution >= 0.6 is 0 Å². The Morgan fingerprint density at radius 3 is 2.71 bits per heavy atom. The summed E-state index contributed by atoms with van der Waals surface area (Å²) in [6.07, 6.45) is 10.6. The normalized spacial score (nSPS) is 21.8. The van der Waals surface area contributed by atoms with Gasteiger partial charge < -0.3 is 10.2 Å². The van der Waals surface area contributed by atoms with Crippen molar-refractivity contribution in [1.29, 1.82) is 0 Å². The minimum absolute atomic E-state index is 0.543. The standard InChI is InChI=1S/C17H30N4/c1-14(13-21-10-6-3-7-11-21)18-12-17-15-8-4-2-5-9-16(15)19-20-17/h14,18H,2-13H2,1H3,(H,19,20). The van der Waals surface area contributed by atoms with Crippen molar-refractivity contribution in [1.82, 2.24) is 20.4 Å². The molecular weight excluding hydrogens is 260 g/mol. The third-order valence-electron chi connectivity index (χ3n) is 4.99. The van der Waals surface area contributed by atoms with E-state index in [1.807, 2.05) is 0 Å². The van der Waals surface area contributed by atoms with E-state index < -0.39 is 0 Å². The van der Waals surface area contributed by atoms with Crippen molar-refractivity contribution < 1.29 is 0 Å². The van der Waals surface area contributed by atoms with Gasteiger partial charge in [-0.1, -0.05) is 12.8 Å². The molecule has 1 unspecified atom stereocenters. The van der Waals surface area contributed by atoms with Gasteiger partial charge in [0, 0.05) is 24.8 Å². The lowest BCUT2D eigenvalue weighted by atomic mass is 10.1. The van der Waals surface area contributed by atoms with Crippen LogP contribution in [-0.2, 0) is 19.4 Å². The molecule has 1 aromatic heterocycles. The first-order chi connectivity index (χ1) is 10.3. The van der Waals surface area contributed by atoms with Crippen molar-refractivity contribution in [2.75, 3.05) is 19.6 Å². The molecule has 1 saturated heterocycles. The number of hydrogen-bond donors (Lipinski definition) is 2. The third kappa shape index (κ3) is 4.07. The molecule has 1 aromatic rings. The summed E-state index contributed by atoms with van der Waals surface area (Å²) in [4.78, 5) is 2.60. The highest BCUT2D eigenvalue weighted by molar-refractivity contribution is 5.26. The van der Waals surface area contributed by atoms with Crippen molar-refractivity contribution in [3.05, 3.63) is 17.0 Å². The second-order valence-electron chi connectivity index (χ2n) is 6.83. The van der Waals surface area contributed by atoms with Crippen LogP contribution in [0, 0.1) is 0 Å². The number of hydrogen-bond acceptors (Lipinski definition) is 3. The van der Waals surface area contributed by atoms with Crippen molar-refractivity contribution in [3.8, 4) is 0 Å². The maximum Gasteiger partial charge on any atom is 0.0794 e. The van der Waals surface area contributed by atoms with Gasteiger partial charge in [-0.2, -0.15) is 5.10 Å². The molecule has 21 heavy (non-hydrogen) atoms. The van der Waals surface area contributed by atoms with Gasteiger partial charge >= 0.3 is 0 Å². The zero-order valence-corrected chi connectivity index (χ0v) is 13.5. The topological polar surface area (TPSA) is 44.0 Å². The Kier molecular flexibility index (Phi) is 5.31. The van der Waals surface area contributed by atoms with E-state index in [9.17, 15) is 0 Å². The molecule has 4 heteroatoms. The molecule has 0 spiro atoms. The van der Waals surface area contributed by atoms with Gasteiger partial charge in [0.1, 0.15) is 0 Å². The fraction of sp³-hybridized carbons (Fsp3) is 0.824. The smallest absolute Gasteiger partial charge is 0.0794 e. The first-order valence-corrected chi connectivity index (χ1v) is 8.83. The van der Waals surface area contributed by atoms with Gasteiger partial charge in [0.25, 0.3) is 0 Å². The van der Waals surface area contributed by atoms with Crippen LogP contribution in [0.3, 0.4) is 0 Å². The molecule has 3 rings (SSSR count). The summed E-state index contributed by atoms with van der Waals surface area (Å²) in [5.74, 6) is 0. The molecule has 118 valence electrons. The molecule has 2 heterocycles. The fourth-order valence-electron chi connectivity index (χ4n) is 3.74. The number of aromatic amines is 1. The van der Waals surface area contributed by atoms with Crippen LogP contribution in [0.25, 0.3) is 0 Å². The maximum atomic E-state index is 4.56. The average molecular weight is 290 g/mol. The Morgan fingerprint density at radius 1 is 1.10 bits per heavy atom. The summed E-state index contributed by atoms with van der Waals surface area (Å²) >= 11 is 0. The van der Waals surface area contributed by atoms with Crippen LogP contribution < -0.4 is 5.32 Å². The Bertz CT molecular complexity index is 434. The van der Waals surface area contributed by atoms with E-state index in [0.29, 0.717) is 6.04 Å². The van der Waals surface area contributed by atoms with Crippen LogP contribution in [0.5, 0.6) is 0 Å². The van der Waals surface area contributed by atoms with Crippen LogP contribution in [0.2, 0.25) is 0 Å². The van der Waals surface area contributed by atoms with Crippen LogP contribution in [0.4, 0.5) is 0 Å². The van der Waals surface area contributed by atoms with Crippen molar-refractivity contribution in [2.45, 2.75) is 70.9 Å². The predicted molar refractivity (Wildman–Crippen MR) is 86.4 cm³/mol. The molecule has 4 nitrogen and oxygen atoms in total. The molecule has 0 aromatic carbocycles. The zero-order valence-electron chi connectivity index (χ0n) is 13.5. The summed E-state index contributed by atoms with van der Waals surface area (Å²) in [6, 6.07) is 0.543. The monoisotopic (exact) mass is 290 g/mol. The molecule has 1 aliphatic heterocycles. The van der Waals surface area contributed by atoms with E-state index in [0.717, 1.165) is 6.54 Å². The number of piperidine rings is 1. The fourth-order valence-corrected chi connectivity index (χ4v) is 3.74. The highest BCUT2D eigenvalue weighted by Crippen LogP contribution is 2.21. The Balaban J connectivity index is 1.49. The van der Waals surface area contributed by atoms with Gasteiger partial charge in [0.2, 0.25) is 0 Å². The minimum Gasteiger partial charge on any atom is -0.307 e. The van der Waals surface area contributed by atoms with Gasteiger partial charge in [-0.3, -0.25) is 5.10 Å². The summed E-state index contributed by atoms with van der Waals surface area (Å²) in [6.45, 7) is 6.96. The zero-order chi connectivity index (χ0) is 14.5. The van der Waals surface area contributed by atoms with E-state index >= 15 is 0 Å². The van der Waals surface area contributed by atoms with Crippen LogP contribution in [0.1, 0.15) is 62.4 Å². The van der Waals surface area contributed by atoms with Crippen molar-refractivity contribution in [2.24, 2.45) is 0 Å². The molecule has 2 N–H and O–H groups in total. The quantitative estimate of drug-likeness (QED) is 0.819. The van der Waals surface area contributed by atoms with E-state index in [1.54, 1.807) is 0 Å². The largest absolute Gasteiger partial charge is 0.307 e. The Labute approximate surface area is 128 Å². The maximum absolute atomic E-state index is 4.56. The average Bonchev–Trinajstić information content (AvgIpc) is 2.73. The lowest BCUT2D eigenvalue weighted by Crippen LogP contribution is -2.41. The van der Waals surface area contributed by atoms with Crippen molar-refractivity contribution in [3.63, 3.8) is 0 Å². The Hall–Kier alpha value is -0.870. The molecule has 2 aliphatic rings. The molecule has 1 aliphatic carbocycles. The summed E-state index contributed by atoms with van der Waals surface area (Å²) in [7, 11) is 0. The number of aromatic nitrogens is 2. The number of likely N-dealkylation sites (tertiary alicyclic amines) is 1. The third-order valence-corrected chi connectivity index (χ3v) is 4.99. The summed E-state index contributed by atoms with van der Waals surface area (Å²) in [5, 5.41) is 11.5. The number of nitrogens with zero attached hydrogens (tertiary/aromatic N) is 2. The second kappa shape index (κ2) is 7.41. The van der Waals surface area contributed by atoms with Gasteiger partial charge in [0.15, 0.2) is 0 Å². The van der Waals surface area contributed by atoms with Crippen LogP contribution in [-0.4, -0.2) is 40.8 Å². The SMILES string of the molecule is CC(CN1CCCCC1)NCc1n[nH]c2c1CCCCC2. The molecule has 1 atom stereocenters. The molecule has 0 saturated carbocycles. The molecule has 0 radical (unpaired) electrons. The molecular formula is C17H30N4. The van der Waals surface area contributed by atoms with Gasteiger partial charge in [-0.25, -0.2) is 0 Å². The summed E-state index contributed by atoms with van der Waals surface area (Å²) in [5.41, 5.74) is 4.16. The van der Waals surface area contributed by atoms with Crippen molar-refractivity contribution >= 4 is 0 Å². The van der Waals surface area contributed by atoms with E-state index in [2.05, 4.69) is 27.3 Å². The molecule has 1 fully saturated rings. The van der Waals surface area contributed by atoms with Gasteiger partial charge in [-0.15, -0.1) is 0 Å². The van der Waals surface area contributed by atoms with Gasteiger partial charge in [0.05, 0.1) is 5.69 Å². The van der Waals surface area contributed by atoms with E-state index in [4.69, 9.17) is 0 Å². The molecule has 0 amide bonds. The highest BCUT2D eigenvalue weighted by Gasteiger charge is 2.17. The first kappa shape index (κ1) is 15.0. The summed E-state index contributed by atoms with van der Waals surface area (Å²) < 4.78 is 0. The first-order valence-electron chi connectivity index (χ1n) is 8.83. The number of aryl methyl sites for hydroxylation is 1. The predicted octanol–water partition coefficient (Wildman–Crippen LogP) is 2.64. The number of rotatable bonds is 5. The lowest BCUT2D eigenvalue weighted by Gasteiger charge is -2.29. The highest BCUT2D eigenvalue weighted by atomic mass is 15.2. The van der Waals surface area contributed by atoms with E-state index in [1.165, 1.54) is 88.0 Å². The van der Waals surface area contributed by atoms with Crippen LogP contribution in [0.15, 0.2) is 0 Å². The van der Waals surface area contributed by atoms with E-state index in [-0.39, 0.29) is 0 Å². The number of fused-ring (bicyclic) bond motifs is 1. The molecule has 0 bridgehead atoms. The Morgan fingerprint density at radius 2 is 1.86 bits per heavy atom. The number of nitrogens with one attached hydrogen (secondary N) is 2.